The summed E-state index contributed by atoms with van der Waals surface area (Å²) in [6, 6.07) is 0. The number of aliphatic hydroxyl groups is 1. The molecule has 0 aromatic rings. The fraction of sp³-hybridized carbons (Fsp3) is 0.867. The molecule has 1 heterocycles. The average Bonchev–Trinajstić information content (AvgIpc) is 3.05. The lowest BCUT2D eigenvalue weighted by Gasteiger charge is -2.58. The molecule has 1 aliphatic heterocycles. The van der Waals surface area contributed by atoms with Gasteiger partial charge < -0.3 is 14.7 Å². The molecule has 5 rings (SSSR count). The van der Waals surface area contributed by atoms with E-state index < -0.39 is 5.60 Å². The van der Waals surface area contributed by atoms with Gasteiger partial charge in [-0.3, -0.25) is 9.59 Å². The van der Waals surface area contributed by atoms with Crippen LogP contribution < -0.4 is 0 Å². The van der Waals surface area contributed by atoms with Gasteiger partial charge in [-0.1, -0.05) is 38.8 Å². The number of piperidine rings is 1. The van der Waals surface area contributed by atoms with Gasteiger partial charge in [0.1, 0.15) is 11.7 Å². The molecule has 35 heavy (non-hydrogen) atoms. The molecule has 5 nitrogen and oxygen atoms in total. The maximum atomic E-state index is 12.6. The van der Waals surface area contributed by atoms with Crippen molar-refractivity contribution in [2.24, 2.45) is 34.5 Å². The summed E-state index contributed by atoms with van der Waals surface area (Å²) < 4.78 is 5.99. The summed E-state index contributed by atoms with van der Waals surface area (Å²) in [5.74, 6) is 1.46. The number of Topliss-reactive ketones (excluding diaryl/α,β-unsaturated/α-hetero) is 1. The van der Waals surface area contributed by atoms with Crippen LogP contribution in [-0.4, -0.2) is 53.1 Å². The maximum absolute atomic E-state index is 12.6. The quantitative estimate of drug-likeness (QED) is 0.423. The molecule has 0 radical (unpaired) electrons. The van der Waals surface area contributed by atoms with Crippen LogP contribution in [0, 0.1) is 34.5 Å². The predicted octanol–water partition coefficient (Wildman–Crippen LogP) is 5.30. The number of fused-ring (bicyclic) bond motifs is 5. The highest BCUT2D eigenvalue weighted by molar-refractivity contribution is 5.86. The lowest BCUT2D eigenvalue weighted by atomic mass is 9.46. The van der Waals surface area contributed by atoms with Gasteiger partial charge in [-0.15, -0.1) is 0 Å². The average molecular weight is 486 g/mol. The number of allylic oxidation sites excluding steroid dienone is 1. The first kappa shape index (κ1) is 25.4. The van der Waals surface area contributed by atoms with Crippen LogP contribution in [0.3, 0.4) is 0 Å². The van der Waals surface area contributed by atoms with E-state index in [9.17, 15) is 14.7 Å². The predicted molar refractivity (Wildman–Crippen MR) is 137 cm³/mol. The zero-order chi connectivity index (χ0) is 25.0. The second-order valence-corrected chi connectivity index (χ2v) is 13.2. The van der Waals surface area contributed by atoms with E-state index in [2.05, 4.69) is 31.7 Å². The van der Waals surface area contributed by atoms with Crippen molar-refractivity contribution in [3.63, 3.8) is 0 Å². The van der Waals surface area contributed by atoms with E-state index >= 15 is 0 Å². The Bertz CT molecular complexity index is 878. The molecule has 3 saturated carbocycles. The number of carbonyl (C=O) groups excluding carboxylic acids is 2. The maximum Gasteiger partial charge on any atom is 0.307 e. The van der Waals surface area contributed by atoms with E-state index in [-0.39, 0.29) is 34.6 Å². The molecule has 8 atom stereocenters. The second kappa shape index (κ2) is 9.28. The van der Waals surface area contributed by atoms with Crippen molar-refractivity contribution in [2.45, 2.75) is 110 Å². The van der Waals surface area contributed by atoms with Crippen LogP contribution in [0.5, 0.6) is 0 Å². The molecular weight excluding hydrogens is 438 g/mol. The first-order valence-corrected chi connectivity index (χ1v) is 14.4. The Hall–Kier alpha value is -1.20. The number of esters is 1. The van der Waals surface area contributed by atoms with Crippen LogP contribution in [-0.2, 0) is 14.3 Å². The molecule has 1 saturated heterocycles. The van der Waals surface area contributed by atoms with E-state index in [0.717, 1.165) is 64.6 Å². The van der Waals surface area contributed by atoms with Crippen molar-refractivity contribution in [3.8, 4) is 0 Å². The number of carbonyl (C=O) groups is 2. The highest BCUT2D eigenvalue weighted by atomic mass is 16.5. The van der Waals surface area contributed by atoms with Gasteiger partial charge in [0.2, 0.25) is 0 Å². The van der Waals surface area contributed by atoms with Crippen molar-refractivity contribution in [1.29, 1.82) is 0 Å². The summed E-state index contributed by atoms with van der Waals surface area (Å²) in [5, 5.41) is 11.6. The van der Waals surface area contributed by atoms with Gasteiger partial charge in [-0.2, -0.15) is 0 Å². The molecule has 196 valence electrons. The third-order valence-electron chi connectivity index (χ3n) is 11.6. The minimum Gasteiger partial charge on any atom is -0.462 e. The summed E-state index contributed by atoms with van der Waals surface area (Å²) in [6.07, 6.45) is 13.7. The second-order valence-electron chi connectivity index (χ2n) is 13.2. The van der Waals surface area contributed by atoms with Gasteiger partial charge in [0.15, 0.2) is 5.78 Å². The van der Waals surface area contributed by atoms with Gasteiger partial charge in [-0.25, -0.2) is 0 Å². The lowest BCUT2D eigenvalue weighted by molar-refractivity contribution is -0.166. The van der Waals surface area contributed by atoms with Crippen molar-refractivity contribution in [3.05, 3.63) is 11.6 Å². The molecule has 0 aromatic heterocycles. The number of likely N-dealkylation sites (tertiary alicyclic amines) is 1. The summed E-state index contributed by atoms with van der Waals surface area (Å²) in [7, 11) is 0. The largest absolute Gasteiger partial charge is 0.462 e. The Labute approximate surface area is 212 Å². The van der Waals surface area contributed by atoms with E-state index in [1.54, 1.807) is 6.92 Å². The fourth-order valence-corrected chi connectivity index (χ4v) is 9.50. The number of ketones is 1. The molecule has 4 aliphatic carbocycles. The van der Waals surface area contributed by atoms with Gasteiger partial charge in [0.25, 0.3) is 0 Å². The molecule has 0 bridgehead atoms. The third-order valence-corrected chi connectivity index (χ3v) is 11.6. The molecule has 1 N–H and O–H groups in total. The molecule has 5 aliphatic rings. The minimum atomic E-state index is -1.19. The first-order chi connectivity index (χ1) is 16.6. The van der Waals surface area contributed by atoms with Crippen LogP contribution in [0.1, 0.15) is 98.3 Å². The van der Waals surface area contributed by atoms with Crippen LogP contribution >= 0.6 is 0 Å². The number of hydrogen-bond acceptors (Lipinski definition) is 5. The Balaban J connectivity index is 1.24. The van der Waals surface area contributed by atoms with Gasteiger partial charge in [0.05, 0.1) is 6.42 Å². The van der Waals surface area contributed by atoms with Crippen LogP contribution in [0.2, 0.25) is 0 Å². The normalized spacial score (nSPS) is 45.6. The SMILES string of the molecule is CC(=O)[C@@]1(O)[C@H](C)C[C@@H]2[C@@H]3CC=C4C[C@@H](OC(=O)CCN5CCCCC5)CC[C@]4(C)[C@H]3CC[C@@]21C. The Morgan fingerprint density at radius 3 is 2.57 bits per heavy atom. The number of rotatable bonds is 5. The lowest BCUT2D eigenvalue weighted by Crippen LogP contribution is -2.58. The van der Waals surface area contributed by atoms with Gasteiger partial charge in [-0.05, 0) is 100 Å². The Morgan fingerprint density at radius 1 is 1.11 bits per heavy atom. The fourth-order valence-electron chi connectivity index (χ4n) is 9.50. The van der Waals surface area contributed by atoms with Crippen molar-refractivity contribution >= 4 is 11.8 Å². The zero-order valence-corrected chi connectivity index (χ0v) is 22.5. The number of nitrogens with zero attached hydrogens (tertiary/aromatic N) is 1. The highest BCUT2D eigenvalue weighted by Crippen LogP contribution is 2.68. The van der Waals surface area contributed by atoms with E-state index in [0.29, 0.717) is 24.2 Å². The Kier molecular flexibility index (Phi) is 6.74. The molecule has 4 fully saturated rings. The van der Waals surface area contributed by atoms with Crippen LogP contribution in [0.25, 0.3) is 0 Å². The molecule has 0 amide bonds. The van der Waals surface area contributed by atoms with E-state index in [1.165, 1.54) is 24.8 Å². The highest BCUT2D eigenvalue weighted by Gasteiger charge is 2.67. The van der Waals surface area contributed by atoms with E-state index in [1.807, 2.05) is 0 Å². The first-order valence-electron chi connectivity index (χ1n) is 14.4. The molecule has 0 unspecified atom stereocenters. The summed E-state index contributed by atoms with van der Waals surface area (Å²) in [4.78, 5) is 27.7. The standard InChI is InChI=1S/C30H47NO4/c1-20-18-26-24-9-8-22-19-23(35-27(33)12-17-31-15-6-5-7-16-31)10-13-28(22,3)25(24)11-14-29(26,4)30(20,34)21(2)32/h8,20,23-26,34H,5-7,9-19H2,1-4H3/t20-,23+,24-,25+,26-,28+,29+,30+/m1/s1. The van der Waals surface area contributed by atoms with E-state index in [4.69, 9.17) is 4.74 Å². The summed E-state index contributed by atoms with van der Waals surface area (Å²) in [5.41, 5.74) is 0.145. The smallest absolute Gasteiger partial charge is 0.307 e. The van der Waals surface area contributed by atoms with Gasteiger partial charge in [0, 0.05) is 18.4 Å². The zero-order valence-electron chi connectivity index (χ0n) is 22.5. The topological polar surface area (TPSA) is 66.8 Å². The minimum absolute atomic E-state index is 0.0166. The van der Waals surface area contributed by atoms with Crippen molar-refractivity contribution in [2.75, 3.05) is 19.6 Å². The molecule has 0 aromatic carbocycles. The van der Waals surface area contributed by atoms with Crippen LogP contribution in [0.4, 0.5) is 0 Å². The monoisotopic (exact) mass is 485 g/mol. The molecule has 0 spiro atoms. The molecule has 5 heteroatoms. The number of hydrogen-bond donors (Lipinski definition) is 1. The van der Waals surface area contributed by atoms with Crippen molar-refractivity contribution in [1.82, 2.24) is 4.90 Å². The Morgan fingerprint density at radius 2 is 1.86 bits per heavy atom. The summed E-state index contributed by atoms with van der Waals surface area (Å²) in [6.45, 7) is 11.4. The van der Waals surface area contributed by atoms with Gasteiger partial charge >= 0.3 is 5.97 Å². The third kappa shape index (κ3) is 4.04. The number of ether oxygens (including phenoxy) is 1. The van der Waals surface area contributed by atoms with Crippen molar-refractivity contribution < 1.29 is 19.4 Å². The molecular formula is C30H47NO4. The summed E-state index contributed by atoms with van der Waals surface area (Å²) >= 11 is 0. The van der Waals surface area contributed by atoms with Crippen LogP contribution in [0.15, 0.2) is 11.6 Å².